The van der Waals surface area contributed by atoms with Gasteiger partial charge in [0.15, 0.2) is 5.78 Å². The van der Waals surface area contributed by atoms with Gasteiger partial charge in [0.1, 0.15) is 17.6 Å². The summed E-state index contributed by atoms with van der Waals surface area (Å²) >= 11 is 6.04. The SMILES string of the molecule is CN1C(=O)C(O)C(C2(c3ccccc3)Nc3cc(Cl)ccc3C2=O)C1=O. The van der Waals surface area contributed by atoms with E-state index in [4.69, 9.17) is 11.6 Å². The first-order chi connectivity index (χ1) is 12.4. The minimum absolute atomic E-state index is 0.361. The van der Waals surface area contributed by atoms with E-state index in [9.17, 15) is 19.5 Å². The fourth-order valence-electron chi connectivity index (χ4n) is 3.82. The Hall–Kier alpha value is -2.70. The van der Waals surface area contributed by atoms with Crippen LogP contribution in [0.4, 0.5) is 5.69 Å². The summed E-state index contributed by atoms with van der Waals surface area (Å²) in [5, 5.41) is 14.0. The fourth-order valence-corrected chi connectivity index (χ4v) is 3.99. The van der Waals surface area contributed by atoms with Crippen LogP contribution in [0.15, 0.2) is 48.5 Å². The van der Waals surface area contributed by atoms with E-state index in [2.05, 4.69) is 5.32 Å². The Bertz CT molecular complexity index is 946. The van der Waals surface area contributed by atoms with Crippen molar-refractivity contribution in [3.05, 3.63) is 64.7 Å². The van der Waals surface area contributed by atoms with Gasteiger partial charge in [-0.25, -0.2) is 0 Å². The smallest absolute Gasteiger partial charge is 0.258 e. The number of carbonyl (C=O) groups excluding carboxylic acids is 3. The molecule has 2 amide bonds. The molecule has 2 aromatic carbocycles. The van der Waals surface area contributed by atoms with Crippen LogP contribution in [-0.2, 0) is 15.1 Å². The van der Waals surface area contributed by atoms with Crippen LogP contribution in [0.2, 0.25) is 5.02 Å². The van der Waals surface area contributed by atoms with Gasteiger partial charge in [-0.15, -0.1) is 0 Å². The van der Waals surface area contributed by atoms with Crippen molar-refractivity contribution in [1.29, 1.82) is 0 Å². The van der Waals surface area contributed by atoms with Crippen LogP contribution in [-0.4, -0.2) is 40.8 Å². The number of anilines is 1. The summed E-state index contributed by atoms with van der Waals surface area (Å²) in [5.74, 6) is -2.98. The number of benzene rings is 2. The summed E-state index contributed by atoms with van der Waals surface area (Å²) in [4.78, 5) is 39.3. The second kappa shape index (κ2) is 5.65. The molecule has 1 saturated heterocycles. The van der Waals surface area contributed by atoms with Gasteiger partial charge in [-0.2, -0.15) is 0 Å². The molecule has 132 valence electrons. The van der Waals surface area contributed by atoms with Crippen molar-refractivity contribution in [1.82, 2.24) is 4.90 Å². The van der Waals surface area contributed by atoms with E-state index in [0.29, 0.717) is 21.8 Å². The lowest BCUT2D eigenvalue weighted by molar-refractivity contribution is -0.139. The molecule has 2 N–H and O–H groups in total. The van der Waals surface area contributed by atoms with Crippen molar-refractivity contribution in [2.45, 2.75) is 11.6 Å². The maximum absolute atomic E-state index is 13.4. The lowest BCUT2D eigenvalue weighted by Crippen LogP contribution is -2.52. The van der Waals surface area contributed by atoms with E-state index in [1.54, 1.807) is 48.5 Å². The monoisotopic (exact) mass is 370 g/mol. The molecule has 2 aromatic rings. The molecule has 2 aliphatic rings. The molecular formula is C19H15ClN2O4. The molecule has 0 spiro atoms. The number of ketones is 1. The highest BCUT2D eigenvalue weighted by Crippen LogP contribution is 2.48. The highest BCUT2D eigenvalue weighted by molar-refractivity contribution is 6.31. The Morgan fingerprint density at radius 3 is 2.38 bits per heavy atom. The summed E-state index contributed by atoms with van der Waals surface area (Å²) in [6.07, 6.45) is -1.62. The number of likely N-dealkylation sites (N-methyl/N-ethyl adjacent to an activating group) is 1. The molecule has 2 aliphatic heterocycles. The van der Waals surface area contributed by atoms with Gasteiger partial charge >= 0.3 is 0 Å². The maximum Gasteiger partial charge on any atom is 0.258 e. The van der Waals surface area contributed by atoms with Gasteiger partial charge in [0, 0.05) is 23.3 Å². The Morgan fingerprint density at radius 2 is 1.77 bits per heavy atom. The molecular weight excluding hydrogens is 356 g/mol. The zero-order chi connectivity index (χ0) is 18.6. The van der Waals surface area contributed by atoms with Crippen LogP contribution in [0.5, 0.6) is 0 Å². The number of nitrogens with one attached hydrogen (secondary N) is 1. The third-order valence-corrected chi connectivity index (χ3v) is 5.34. The third kappa shape index (κ3) is 2.06. The highest BCUT2D eigenvalue weighted by Gasteiger charge is 2.62. The molecule has 7 heteroatoms. The third-order valence-electron chi connectivity index (χ3n) is 5.11. The molecule has 0 radical (unpaired) electrons. The molecule has 1 fully saturated rings. The van der Waals surface area contributed by atoms with E-state index in [1.807, 2.05) is 0 Å². The van der Waals surface area contributed by atoms with Crippen LogP contribution in [0.1, 0.15) is 15.9 Å². The number of aliphatic hydroxyl groups excluding tert-OH is 1. The van der Waals surface area contributed by atoms with E-state index >= 15 is 0 Å². The van der Waals surface area contributed by atoms with Crippen LogP contribution >= 0.6 is 11.6 Å². The second-order valence-corrected chi connectivity index (χ2v) is 6.91. The number of halogens is 1. The molecule has 0 aromatic heterocycles. The van der Waals surface area contributed by atoms with Crippen molar-refractivity contribution in [2.75, 3.05) is 12.4 Å². The lowest BCUT2D eigenvalue weighted by atomic mass is 9.73. The topological polar surface area (TPSA) is 86.7 Å². The number of Topliss-reactive ketones (excluding diaryl/α,β-unsaturated/α-hetero) is 1. The number of carbonyl (C=O) groups is 3. The van der Waals surface area contributed by atoms with Crippen LogP contribution < -0.4 is 5.32 Å². The molecule has 0 saturated carbocycles. The fraction of sp³-hybridized carbons (Fsp3) is 0.211. The van der Waals surface area contributed by atoms with Crippen molar-refractivity contribution in [3.63, 3.8) is 0 Å². The average Bonchev–Trinajstić information content (AvgIpc) is 3.03. The van der Waals surface area contributed by atoms with Crippen molar-refractivity contribution in [2.24, 2.45) is 5.92 Å². The van der Waals surface area contributed by atoms with Gasteiger partial charge in [0.25, 0.3) is 5.91 Å². The Labute approximate surface area is 154 Å². The number of imide groups is 1. The minimum Gasteiger partial charge on any atom is -0.382 e. The Morgan fingerprint density at radius 1 is 1.08 bits per heavy atom. The number of nitrogens with zero attached hydrogens (tertiary/aromatic N) is 1. The molecule has 0 bridgehead atoms. The summed E-state index contributed by atoms with van der Waals surface area (Å²) < 4.78 is 0. The first-order valence-electron chi connectivity index (χ1n) is 8.05. The van der Waals surface area contributed by atoms with E-state index in [0.717, 1.165) is 4.90 Å². The van der Waals surface area contributed by atoms with Crippen molar-refractivity contribution < 1.29 is 19.5 Å². The first kappa shape index (κ1) is 16.8. The van der Waals surface area contributed by atoms with Gasteiger partial charge in [-0.3, -0.25) is 19.3 Å². The molecule has 2 heterocycles. The largest absolute Gasteiger partial charge is 0.382 e. The van der Waals surface area contributed by atoms with Crippen molar-refractivity contribution in [3.8, 4) is 0 Å². The van der Waals surface area contributed by atoms with Gasteiger partial charge < -0.3 is 10.4 Å². The quantitative estimate of drug-likeness (QED) is 0.787. The summed E-state index contributed by atoms with van der Waals surface area (Å²) in [6, 6.07) is 13.4. The summed E-state index contributed by atoms with van der Waals surface area (Å²) in [5.41, 5.74) is -0.253. The Kier molecular flexibility index (Phi) is 3.64. The number of hydrogen-bond donors (Lipinski definition) is 2. The summed E-state index contributed by atoms with van der Waals surface area (Å²) in [7, 11) is 1.30. The Balaban J connectivity index is 1.96. The number of hydrogen-bond acceptors (Lipinski definition) is 5. The van der Waals surface area contributed by atoms with E-state index in [1.165, 1.54) is 7.05 Å². The van der Waals surface area contributed by atoms with E-state index < -0.39 is 29.4 Å². The first-order valence-corrected chi connectivity index (χ1v) is 8.43. The number of amides is 2. The van der Waals surface area contributed by atoms with Crippen LogP contribution in [0.25, 0.3) is 0 Å². The number of aliphatic hydroxyl groups is 1. The normalized spacial score (nSPS) is 27.7. The predicted molar refractivity (Wildman–Crippen MR) is 94.8 cm³/mol. The molecule has 26 heavy (non-hydrogen) atoms. The predicted octanol–water partition coefficient (Wildman–Crippen LogP) is 1.82. The van der Waals surface area contributed by atoms with Crippen molar-refractivity contribution >= 4 is 34.9 Å². The zero-order valence-corrected chi connectivity index (χ0v) is 14.5. The number of fused-ring (bicyclic) bond motifs is 1. The zero-order valence-electron chi connectivity index (χ0n) is 13.8. The second-order valence-electron chi connectivity index (χ2n) is 6.48. The number of rotatable bonds is 2. The standard InChI is InChI=1S/C19H15ClN2O4/c1-22-17(25)14(15(23)18(22)26)19(10-5-3-2-4-6-10)16(24)12-8-7-11(20)9-13(12)21-19/h2-9,14-15,21,23H,1H3. The van der Waals surface area contributed by atoms with Gasteiger partial charge in [0.2, 0.25) is 5.91 Å². The van der Waals surface area contributed by atoms with Crippen LogP contribution in [0.3, 0.4) is 0 Å². The van der Waals surface area contributed by atoms with Crippen LogP contribution in [0, 0.1) is 5.92 Å². The molecule has 0 aliphatic carbocycles. The highest BCUT2D eigenvalue weighted by atomic mass is 35.5. The molecule has 6 nitrogen and oxygen atoms in total. The molecule has 4 rings (SSSR count). The van der Waals surface area contributed by atoms with E-state index in [-0.39, 0.29) is 5.78 Å². The molecule has 3 unspecified atom stereocenters. The van der Waals surface area contributed by atoms with Gasteiger partial charge in [-0.1, -0.05) is 41.9 Å². The molecule has 3 atom stereocenters. The maximum atomic E-state index is 13.4. The van der Waals surface area contributed by atoms with Gasteiger partial charge in [0.05, 0.1) is 0 Å². The number of likely N-dealkylation sites (tertiary alicyclic amines) is 1. The minimum atomic E-state index is -1.62. The lowest BCUT2D eigenvalue weighted by Gasteiger charge is -2.34. The average molecular weight is 371 g/mol. The van der Waals surface area contributed by atoms with Gasteiger partial charge in [-0.05, 0) is 23.8 Å². The summed E-state index contributed by atoms with van der Waals surface area (Å²) in [6.45, 7) is 0.